The molecule has 2 N–H and O–H groups in total. The number of hydrogen-bond acceptors (Lipinski definition) is 10. The minimum Gasteiger partial charge on any atom is -0.416 e. The fraction of sp³-hybridized carbons (Fsp3) is 0.359. The molecule has 0 unspecified atom stereocenters. The van der Waals surface area contributed by atoms with E-state index < -0.39 is 23.4 Å². The van der Waals surface area contributed by atoms with Crippen molar-refractivity contribution in [3.05, 3.63) is 201 Å². The molecule has 2 amide bonds. The first-order valence-electron chi connectivity index (χ1n) is 25.8. The number of rotatable bonds is 8. The zero-order valence-corrected chi connectivity index (χ0v) is 47.3. The molecule has 2 fully saturated rings. The van der Waals surface area contributed by atoms with E-state index in [9.17, 15) is 18.4 Å². The first kappa shape index (κ1) is 64.1. The summed E-state index contributed by atoms with van der Waals surface area (Å²) in [6, 6.07) is 44.0. The van der Waals surface area contributed by atoms with Crippen molar-refractivity contribution in [3.8, 4) is 29.0 Å². The average molecular weight is 1130 g/mol. The molecule has 2 atom stereocenters. The highest BCUT2D eigenvalue weighted by atomic mass is 32.1. The molecule has 2 spiro atoms. The van der Waals surface area contributed by atoms with Crippen molar-refractivity contribution in [2.75, 3.05) is 13.2 Å². The Morgan fingerprint density at radius 1 is 0.588 bits per heavy atom. The second kappa shape index (κ2) is 26.7. The molecule has 1 aromatic heterocycles. The molecule has 3 heterocycles. The van der Waals surface area contributed by atoms with Crippen molar-refractivity contribution in [2.45, 2.75) is 137 Å². The monoisotopic (exact) mass is 1130 g/mol. The molecule has 424 valence electrons. The maximum absolute atomic E-state index is 14.0. The second-order valence-electron chi connectivity index (χ2n) is 21.4. The molecule has 6 aromatic carbocycles. The van der Waals surface area contributed by atoms with Crippen LogP contribution in [0.1, 0.15) is 128 Å². The standard InChI is InChI=1S/C30H32FN3O3.C30H30FN3O2.C2H3N.2CH4.2H2S/c1-20-9-10-24(16-26(20)31)28(36)33-32-27(35)23-12-11-22-13-14-30(17-25(22)15-23)19-37-29(2,3)34(30)18-21-7-5-4-6-8-21;1-20-9-10-24(16-26(20)31)28-33-32-27(36-28)23-12-11-22-13-14-30(17-25(22)15-23)19-35-29(2,3)34(30)18-21-7-5-4-6-8-21;1-2-3;;;;/h4-12,15-16H,13-14,17-19H2,1-3H3,(H,32,35)(H,33,36);4-12,15-16H,13-14,17-19H2,1-3H3;1H3;2*1H4;2*1H2/t2*30-;;;;;/m00...../s1. The molecule has 0 bridgehead atoms. The van der Waals surface area contributed by atoms with Gasteiger partial charge in [-0.3, -0.25) is 30.2 Å². The average Bonchev–Trinajstić information content (AvgIpc) is 4.21. The predicted octanol–water partition coefficient (Wildman–Crippen LogP) is 13.1. The second-order valence-corrected chi connectivity index (χ2v) is 21.4. The largest absolute Gasteiger partial charge is 0.416 e. The van der Waals surface area contributed by atoms with E-state index in [1.54, 1.807) is 38.1 Å². The Balaban J connectivity index is 0.000000268. The number of aryl methyl sites for hydroxylation is 4. The lowest BCUT2D eigenvalue weighted by molar-refractivity contribution is -0.0676. The number of aromatic nitrogens is 2. The lowest BCUT2D eigenvalue weighted by Crippen LogP contribution is -2.54. The van der Waals surface area contributed by atoms with Gasteiger partial charge in [-0.1, -0.05) is 99.8 Å². The van der Waals surface area contributed by atoms with Crippen molar-refractivity contribution in [1.82, 2.24) is 30.8 Å². The first-order valence-corrected chi connectivity index (χ1v) is 25.8. The van der Waals surface area contributed by atoms with Crippen molar-refractivity contribution in [2.24, 2.45) is 0 Å². The van der Waals surface area contributed by atoms with Crippen LogP contribution < -0.4 is 10.9 Å². The highest BCUT2D eigenvalue weighted by molar-refractivity contribution is 7.59. The van der Waals surface area contributed by atoms with Crippen LogP contribution in [-0.2, 0) is 48.2 Å². The van der Waals surface area contributed by atoms with Gasteiger partial charge in [0.15, 0.2) is 0 Å². The number of halogens is 2. The van der Waals surface area contributed by atoms with Gasteiger partial charge in [-0.25, -0.2) is 8.78 Å². The van der Waals surface area contributed by atoms with Gasteiger partial charge in [-0.15, -0.1) is 10.2 Å². The zero-order valence-electron chi connectivity index (χ0n) is 45.3. The van der Waals surface area contributed by atoms with E-state index in [2.05, 4.69) is 125 Å². The van der Waals surface area contributed by atoms with E-state index in [0.717, 1.165) is 68.8 Å². The number of carbonyl (C=O) groups excluding carboxylic acids is 2. The van der Waals surface area contributed by atoms with E-state index in [4.69, 9.17) is 19.2 Å². The number of nitrogens with zero attached hydrogens (tertiary/aromatic N) is 5. The van der Waals surface area contributed by atoms with Gasteiger partial charge in [0.25, 0.3) is 11.8 Å². The van der Waals surface area contributed by atoms with Gasteiger partial charge in [0.05, 0.1) is 30.4 Å². The predicted molar refractivity (Wildman–Crippen MR) is 321 cm³/mol. The van der Waals surface area contributed by atoms with Gasteiger partial charge in [0, 0.05) is 42.3 Å². The van der Waals surface area contributed by atoms with E-state index in [-0.39, 0.29) is 70.0 Å². The zero-order chi connectivity index (χ0) is 53.8. The minimum absolute atomic E-state index is 0. The van der Waals surface area contributed by atoms with Crippen LogP contribution >= 0.6 is 27.0 Å². The summed E-state index contributed by atoms with van der Waals surface area (Å²) in [4.78, 5) is 30.3. The van der Waals surface area contributed by atoms with Crippen LogP contribution in [0.15, 0.2) is 138 Å². The number of nitrogens with one attached hydrogen (secondary N) is 2. The molecule has 2 aliphatic heterocycles. The summed E-state index contributed by atoms with van der Waals surface area (Å²) in [5.74, 6) is -0.995. The molecular formula is C64H77F2N7O5S2. The van der Waals surface area contributed by atoms with Gasteiger partial charge in [0.1, 0.15) is 23.1 Å². The lowest BCUT2D eigenvalue weighted by Gasteiger charge is -2.45. The van der Waals surface area contributed by atoms with Crippen LogP contribution in [0.5, 0.6) is 0 Å². The molecule has 4 aliphatic rings. The summed E-state index contributed by atoms with van der Waals surface area (Å²) in [6.07, 6.45) is 5.60. The summed E-state index contributed by atoms with van der Waals surface area (Å²) in [6.45, 7) is 16.3. The van der Waals surface area contributed by atoms with Crippen LogP contribution in [0, 0.1) is 36.8 Å². The summed E-state index contributed by atoms with van der Waals surface area (Å²) < 4.78 is 46.5. The van der Waals surface area contributed by atoms with E-state index >= 15 is 0 Å². The lowest BCUT2D eigenvalue weighted by atomic mass is 9.76. The number of hydrogen-bond donors (Lipinski definition) is 2. The molecule has 11 rings (SSSR count). The normalized spacial score (nSPS) is 19.1. The molecule has 12 nitrogen and oxygen atoms in total. The Morgan fingerprint density at radius 2 is 0.988 bits per heavy atom. The fourth-order valence-electron chi connectivity index (χ4n) is 11.2. The fourth-order valence-corrected chi connectivity index (χ4v) is 11.2. The van der Waals surface area contributed by atoms with Crippen molar-refractivity contribution in [3.63, 3.8) is 0 Å². The number of ether oxygens (including phenoxy) is 2. The Morgan fingerprint density at radius 3 is 1.46 bits per heavy atom. The van der Waals surface area contributed by atoms with Crippen LogP contribution in [-0.4, -0.2) is 67.6 Å². The number of benzene rings is 6. The molecule has 16 heteroatoms. The molecule has 0 saturated carbocycles. The van der Waals surface area contributed by atoms with Crippen LogP contribution in [0.3, 0.4) is 0 Å². The third-order valence-corrected chi connectivity index (χ3v) is 15.4. The van der Waals surface area contributed by atoms with Gasteiger partial charge >= 0.3 is 0 Å². The number of nitriles is 1. The number of carbonyl (C=O) groups is 2. The molecule has 7 aromatic rings. The summed E-state index contributed by atoms with van der Waals surface area (Å²) in [5.41, 5.74) is 14.5. The van der Waals surface area contributed by atoms with Gasteiger partial charge < -0.3 is 13.9 Å². The maximum atomic E-state index is 14.0. The van der Waals surface area contributed by atoms with Crippen molar-refractivity contribution in [1.29, 1.82) is 5.26 Å². The topological polar surface area (TPSA) is 146 Å². The number of fused-ring (bicyclic) bond motifs is 2. The quantitative estimate of drug-likeness (QED) is 0.141. The Bertz CT molecular complexity index is 3300. The molecular weight excluding hydrogens is 1050 g/mol. The molecule has 2 saturated heterocycles. The molecule has 80 heavy (non-hydrogen) atoms. The Hall–Kier alpha value is -6.71. The van der Waals surface area contributed by atoms with Crippen LogP contribution in [0.4, 0.5) is 8.78 Å². The van der Waals surface area contributed by atoms with Gasteiger partial charge in [-0.05, 0) is 173 Å². The molecule has 2 aliphatic carbocycles. The smallest absolute Gasteiger partial charge is 0.269 e. The Kier molecular flexibility index (Phi) is 21.4. The summed E-state index contributed by atoms with van der Waals surface area (Å²) in [5, 5.41) is 15.8. The Labute approximate surface area is 485 Å². The van der Waals surface area contributed by atoms with E-state index in [1.807, 2.05) is 24.3 Å². The third kappa shape index (κ3) is 13.9. The van der Waals surface area contributed by atoms with Gasteiger partial charge in [-0.2, -0.15) is 32.3 Å². The number of hydrazine groups is 1. The van der Waals surface area contributed by atoms with Crippen molar-refractivity contribution >= 4 is 38.8 Å². The third-order valence-electron chi connectivity index (χ3n) is 15.4. The summed E-state index contributed by atoms with van der Waals surface area (Å²) >= 11 is 0. The molecule has 0 radical (unpaired) electrons. The highest BCUT2D eigenvalue weighted by Gasteiger charge is 2.54. The first-order chi connectivity index (χ1) is 36.4. The van der Waals surface area contributed by atoms with Crippen LogP contribution in [0.25, 0.3) is 22.9 Å². The van der Waals surface area contributed by atoms with Gasteiger partial charge in [0.2, 0.25) is 11.8 Å². The van der Waals surface area contributed by atoms with E-state index in [0.29, 0.717) is 47.2 Å². The minimum atomic E-state index is -0.578. The maximum Gasteiger partial charge on any atom is 0.269 e. The van der Waals surface area contributed by atoms with E-state index in [1.165, 1.54) is 52.9 Å². The summed E-state index contributed by atoms with van der Waals surface area (Å²) in [7, 11) is 0. The highest BCUT2D eigenvalue weighted by Crippen LogP contribution is 2.46. The van der Waals surface area contributed by atoms with Crippen LogP contribution in [0.2, 0.25) is 0 Å². The SMILES string of the molecule is C.C.CC#N.Cc1ccc(-c2nnc(-c3ccc4c(c3)C[C@@]3(CC4)COC(C)(C)N3Cc3ccccc3)o2)cc1F.Cc1ccc(C(=O)NNC(=O)c2ccc3c(c2)C[C@@]2(CC3)COC(C)(C)N2Cc2ccccc2)cc1F.S.S. The number of amides is 2. The van der Waals surface area contributed by atoms with Crippen molar-refractivity contribution < 1.29 is 32.3 Å².